The number of rotatable bonds is 6. The molecule has 0 aliphatic rings. The van der Waals surface area contributed by atoms with Gasteiger partial charge >= 0.3 is 6.18 Å². The second-order valence-corrected chi connectivity index (χ2v) is 7.33. The van der Waals surface area contributed by atoms with Crippen molar-refractivity contribution in [2.75, 3.05) is 5.75 Å². The van der Waals surface area contributed by atoms with Crippen LogP contribution in [0, 0.1) is 0 Å². The Balaban J connectivity index is 2.39. The average Bonchev–Trinajstić information content (AvgIpc) is 2.59. The number of nitrogens with one attached hydrogen (secondary N) is 1. The van der Waals surface area contributed by atoms with Gasteiger partial charge in [0.15, 0.2) is 0 Å². The first-order chi connectivity index (χ1) is 8.20. The van der Waals surface area contributed by atoms with E-state index in [2.05, 4.69) is 20.7 Å². The predicted octanol–water partition coefficient (Wildman–Crippen LogP) is 3.27. The first-order valence-electron chi connectivity index (χ1n) is 4.95. The molecular formula is C9H11BrF3NO2S2. The number of hydrogen-bond donors (Lipinski definition) is 1. The van der Waals surface area contributed by atoms with Crippen molar-refractivity contribution >= 4 is 37.3 Å². The van der Waals surface area contributed by atoms with E-state index in [0.29, 0.717) is 0 Å². The second-order valence-electron chi connectivity index (χ2n) is 3.55. The maximum Gasteiger partial charge on any atom is 0.389 e. The molecule has 3 nitrogen and oxygen atoms in total. The fraction of sp³-hybridized carbons (Fsp3) is 0.556. The van der Waals surface area contributed by atoms with Crippen molar-refractivity contribution in [2.24, 2.45) is 0 Å². The molecule has 0 unspecified atom stereocenters. The maximum absolute atomic E-state index is 11.9. The summed E-state index contributed by atoms with van der Waals surface area (Å²) in [4.78, 5) is 0.786. The number of thiophene rings is 1. The highest BCUT2D eigenvalue weighted by Gasteiger charge is 2.27. The van der Waals surface area contributed by atoms with Crippen LogP contribution in [0.4, 0.5) is 13.2 Å². The number of halogens is 4. The third-order valence-corrected chi connectivity index (χ3v) is 5.35. The Morgan fingerprint density at radius 3 is 2.56 bits per heavy atom. The van der Waals surface area contributed by atoms with Gasteiger partial charge in [0.2, 0.25) is 10.0 Å². The van der Waals surface area contributed by atoms with Gasteiger partial charge < -0.3 is 0 Å². The third kappa shape index (κ3) is 6.17. The quantitative estimate of drug-likeness (QED) is 0.840. The highest BCUT2D eigenvalue weighted by Crippen LogP contribution is 2.23. The lowest BCUT2D eigenvalue weighted by Crippen LogP contribution is -2.26. The molecule has 0 saturated carbocycles. The van der Waals surface area contributed by atoms with Gasteiger partial charge in [-0.1, -0.05) is 0 Å². The van der Waals surface area contributed by atoms with Crippen molar-refractivity contribution in [3.63, 3.8) is 0 Å². The van der Waals surface area contributed by atoms with Crippen LogP contribution in [0.1, 0.15) is 17.7 Å². The minimum absolute atomic E-state index is 0.0899. The fourth-order valence-corrected chi connectivity index (χ4v) is 3.72. The van der Waals surface area contributed by atoms with Crippen molar-refractivity contribution in [2.45, 2.75) is 25.6 Å². The molecule has 0 fully saturated rings. The SMILES string of the molecule is O=S(=O)(CCCC(F)(F)F)NCc1sccc1Br. The summed E-state index contributed by atoms with van der Waals surface area (Å²) in [5.41, 5.74) is 0. The van der Waals surface area contributed by atoms with Crippen LogP contribution in [-0.2, 0) is 16.6 Å². The summed E-state index contributed by atoms with van der Waals surface area (Å²) < 4.78 is 61.5. The Morgan fingerprint density at radius 2 is 2.06 bits per heavy atom. The minimum atomic E-state index is -4.31. The van der Waals surface area contributed by atoms with E-state index in [4.69, 9.17) is 0 Å². The Labute approximate surface area is 116 Å². The first kappa shape index (κ1) is 15.9. The van der Waals surface area contributed by atoms with E-state index in [9.17, 15) is 21.6 Å². The Bertz CT molecular complexity index is 484. The van der Waals surface area contributed by atoms with Gasteiger partial charge in [-0.2, -0.15) is 13.2 Å². The number of alkyl halides is 3. The molecule has 0 spiro atoms. The molecule has 1 rings (SSSR count). The third-order valence-electron chi connectivity index (χ3n) is 2.02. The van der Waals surface area contributed by atoms with E-state index < -0.39 is 34.8 Å². The summed E-state index contributed by atoms with van der Waals surface area (Å²) in [6.07, 6.45) is -5.83. The zero-order valence-corrected chi connectivity index (χ0v) is 12.3. The van der Waals surface area contributed by atoms with Crippen LogP contribution >= 0.6 is 27.3 Å². The smallest absolute Gasteiger partial charge is 0.212 e. The molecule has 0 saturated heterocycles. The molecule has 0 bridgehead atoms. The van der Waals surface area contributed by atoms with Gasteiger partial charge in [0.25, 0.3) is 0 Å². The van der Waals surface area contributed by atoms with E-state index in [-0.39, 0.29) is 6.54 Å². The highest BCUT2D eigenvalue weighted by atomic mass is 79.9. The topological polar surface area (TPSA) is 46.2 Å². The van der Waals surface area contributed by atoms with Crippen molar-refractivity contribution in [3.05, 3.63) is 20.8 Å². The van der Waals surface area contributed by atoms with Crippen LogP contribution in [0.25, 0.3) is 0 Å². The van der Waals surface area contributed by atoms with Gasteiger partial charge in [-0.3, -0.25) is 0 Å². The van der Waals surface area contributed by atoms with Crippen LogP contribution in [-0.4, -0.2) is 20.3 Å². The van der Waals surface area contributed by atoms with Crippen molar-refractivity contribution in [1.82, 2.24) is 4.72 Å². The Kier molecular flexibility index (Phi) is 5.63. The van der Waals surface area contributed by atoms with Crippen LogP contribution in [0.15, 0.2) is 15.9 Å². The van der Waals surface area contributed by atoms with E-state index in [1.165, 1.54) is 11.3 Å². The molecule has 1 N–H and O–H groups in total. The maximum atomic E-state index is 11.9. The number of hydrogen-bond acceptors (Lipinski definition) is 3. The molecule has 0 radical (unpaired) electrons. The van der Waals surface area contributed by atoms with Crippen LogP contribution in [0.3, 0.4) is 0 Å². The monoisotopic (exact) mass is 365 g/mol. The molecule has 0 atom stereocenters. The van der Waals surface area contributed by atoms with E-state index in [1.807, 2.05) is 0 Å². The Hall–Kier alpha value is -0.120. The van der Waals surface area contributed by atoms with Crippen molar-refractivity contribution in [1.29, 1.82) is 0 Å². The van der Waals surface area contributed by atoms with Gasteiger partial charge in [0.1, 0.15) is 0 Å². The molecular weight excluding hydrogens is 355 g/mol. The molecule has 9 heteroatoms. The zero-order valence-electron chi connectivity index (χ0n) is 9.13. The summed E-state index contributed by atoms with van der Waals surface area (Å²) in [7, 11) is -3.66. The van der Waals surface area contributed by atoms with Gasteiger partial charge in [-0.25, -0.2) is 13.1 Å². The lowest BCUT2D eigenvalue weighted by atomic mass is 10.3. The van der Waals surface area contributed by atoms with Crippen molar-refractivity contribution in [3.8, 4) is 0 Å². The molecule has 0 aliphatic heterocycles. The fourth-order valence-electron chi connectivity index (χ4n) is 1.16. The van der Waals surface area contributed by atoms with Crippen LogP contribution < -0.4 is 4.72 Å². The molecule has 18 heavy (non-hydrogen) atoms. The summed E-state index contributed by atoms with van der Waals surface area (Å²) in [6.45, 7) is 0.0899. The lowest BCUT2D eigenvalue weighted by molar-refractivity contribution is -0.134. The summed E-state index contributed by atoms with van der Waals surface area (Å²) in [6, 6.07) is 1.78. The number of sulfonamides is 1. The molecule has 0 amide bonds. The second kappa shape index (κ2) is 6.36. The summed E-state index contributed by atoms with van der Waals surface area (Å²) >= 11 is 4.60. The largest absolute Gasteiger partial charge is 0.389 e. The summed E-state index contributed by atoms with van der Waals surface area (Å²) in [5, 5.41) is 1.79. The molecule has 0 aliphatic carbocycles. The standard InChI is InChI=1S/C9H11BrF3NO2S2/c10-7-2-4-17-8(7)6-14-18(15,16)5-1-3-9(11,12)13/h2,4,14H,1,3,5-6H2. The lowest BCUT2D eigenvalue weighted by Gasteiger charge is -2.07. The molecule has 1 aromatic rings. The van der Waals surface area contributed by atoms with Crippen LogP contribution in [0.5, 0.6) is 0 Å². The van der Waals surface area contributed by atoms with E-state index >= 15 is 0 Å². The minimum Gasteiger partial charge on any atom is -0.212 e. The molecule has 104 valence electrons. The molecule has 1 aromatic heterocycles. The molecule has 0 aromatic carbocycles. The van der Waals surface area contributed by atoms with Gasteiger partial charge in [0.05, 0.1) is 5.75 Å². The van der Waals surface area contributed by atoms with Crippen LogP contribution in [0.2, 0.25) is 0 Å². The normalized spacial score (nSPS) is 12.9. The van der Waals surface area contributed by atoms with Gasteiger partial charge in [-0.15, -0.1) is 11.3 Å². The predicted molar refractivity (Wildman–Crippen MR) is 67.9 cm³/mol. The zero-order chi connectivity index (χ0) is 13.8. The first-order valence-corrected chi connectivity index (χ1v) is 8.28. The average molecular weight is 366 g/mol. The van der Waals surface area contributed by atoms with E-state index in [1.54, 1.807) is 11.4 Å². The Morgan fingerprint density at radius 1 is 1.39 bits per heavy atom. The highest BCUT2D eigenvalue weighted by molar-refractivity contribution is 9.10. The van der Waals surface area contributed by atoms with E-state index in [0.717, 1.165) is 9.35 Å². The van der Waals surface area contributed by atoms with Crippen molar-refractivity contribution < 1.29 is 21.6 Å². The molecule has 1 heterocycles. The summed E-state index contributed by atoms with van der Waals surface area (Å²) in [5.74, 6) is -0.518. The van der Waals surface area contributed by atoms with Gasteiger partial charge in [0, 0.05) is 22.3 Å². The van der Waals surface area contributed by atoms with Gasteiger partial charge in [-0.05, 0) is 33.8 Å².